The Balaban J connectivity index is 4.39. The number of hydrogen-bond donors (Lipinski definition) is 3. The number of rotatable bonds is 42. The second kappa shape index (κ2) is 41.2. The quantitative estimate of drug-likeness (QED) is 0.0231. The second-order valence-electron chi connectivity index (χ2n) is 15.2. The van der Waals surface area contributed by atoms with Gasteiger partial charge in [-0.1, -0.05) is 152 Å². The number of nitrogens with two attached hydrogens (primary N) is 1. The first-order valence-electron chi connectivity index (χ1n) is 22.7. The maximum absolute atomic E-state index is 12.6. The third kappa shape index (κ3) is 40.2. The molecule has 1 unspecified atom stereocenters. The molecule has 0 aliphatic carbocycles. The zero-order valence-corrected chi connectivity index (χ0v) is 37.3. The summed E-state index contributed by atoms with van der Waals surface area (Å²) >= 11 is 0. The summed E-state index contributed by atoms with van der Waals surface area (Å²) in [5.74, 6) is -2.41. The van der Waals surface area contributed by atoms with E-state index in [9.17, 15) is 23.8 Å². The minimum absolute atomic E-state index is 0.150. The molecule has 0 fully saturated rings. The Morgan fingerprint density at radius 2 is 0.914 bits per heavy atom. The van der Waals surface area contributed by atoms with Crippen molar-refractivity contribution in [3.05, 3.63) is 48.6 Å². The molecule has 0 rings (SSSR count). The Morgan fingerprint density at radius 1 is 0.534 bits per heavy atom. The lowest BCUT2D eigenvalue weighted by Gasteiger charge is -2.20. The summed E-state index contributed by atoms with van der Waals surface area (Å²) in [6.45, 7) is 2.75. The molecule has 0 radical (unpaired) electrons. The fourth-order valence-corrected chi connectivity index (χ4v) is 6.73. The van der Waals surface area contributed by atoms with Crippen LogP contribution in [0.15, 0.2) is 48.6 Å². The lowest BCUT2D eigenvalue weighted by Crippen LogP contribution is -2.34. The standard InChI is InChI=1S/C46H82NO10P/c1-3-5-7-9-11-13-15-17-19-21-23-25-27-29-31-33-35-37-44(48)54-39-42(40-55-58(52,53)56-41-43(47)46(50)51)57-45(49)38-36-34-32-30-28-26-24-22-20-18-16-14-12-10-8-6-4-2/h11,13,17-20,23,25,42-43H,3-10,12,14-16,21-22,24,26-41,47H2,1-2H3,(H,50,51)(H,52,53)/b13-11+,19-17+,20-18+,25-23+/t42-,43+/m1/s1. The van der Waals surface area contributed by atoms with E-state index in [1.54, 1.807) is 0 Å². The molecule has 0 amide bonds. The number of esters is 2. The number of phosphoric acid groups is 1. The maximum Gasteiger partial charge on any atom is 0.472 e. The van der Waals surface area contributed by atoms with Gasteiger partial charge >= 0.3 is 25.7 Å². The molecule has 0 aromatic heterocycles. The van der Waals surface area contributed by atoms with Crippen molar-refractivity contribution in [1.29, 1.82) is 0 Å². The zero-order valence-electron chi connectivity index (χ0n) is 36.4. The van der Waals surface area contributed by atoms with E-state index in [1.165, 1.54) is 77.0 Å². The predicted molar refractivity (Wildman–Crippen MR) is 235 cm³/mol. The Morgan fingerprint density at radius 3 is 1.41 bits per heavy atom. The van der Waals surface area contributed by atoms with Crippen molar-refractivity contribution in [3.8, 4) is 0 Å². The third-order valence-electron chi connectivity index (χ3n) is 9.55. The van der Waals surface area contributed by atoms with Gasteiger partial charge < -0.3 is 25.2 Å². The number of carboxylic acids is 1. The third-order valence-corrected chi connectivity index (χ3v) is 10.5. The Bertz CT molecular complexity index is 1170. The molecule has 0 aliphatic heterocycles. The number of aliphatic carboxylic acids is 1. The molecule has 0 aromatic rings. The second-order valence-corrected chi connectivity index (χ2v) is 16.6. The highest BCUT2D eigenvalue weighted by molar-refractivity contribution is 7.47. The number of ether oxygens (including phenoxy) is 2. The average Bonchev–Trinajstić information content (AvgIpc) is 3.20. The minimum Gasteiger partial charge on any atom is -0.480 e. The first-order chi connectivity index (χ1) is 28.1. The van der Waals surface area contributed by atoms with Gasteiger partial charge in [0.2, 0.25) is 0 Å². The van der Waals surface area contributed by atoms with E-state index >= 15 is 0 Å². The van der Waals surface area contributed by atoms with Gasteiger partial charge in [0, 0.05) is 12.8 Å². The molecule has 0 spiro atoms. The van der Waals surface area contributed by atoms with Crippen LogP contribution in [0, 0.1) is 0 Å². The van der Waals surface area contributed by atoms with Gasteiger partial charge in [-0.3, -0.25) is 23.4 Å². The van der Waals surface area contributed by atoms with Crippen molar-refractivity contribution in [2.24, 2.45) is 5.73 Å². The number of carbonyl (C=O) groups excluding carboxylic acids is 2. The van der Waals surface area contributed by atoms with E-state index in [2.05, 4.69) is 67.0 Å². The molecule has 0 bridgehead atoms. The van der Waals surface area contributed by atoms with Crippen LogP contribution in [-0.2, 0) is 37.5 Å². The number of carboxylic acid groups (broad SMARTS) is 1. The van der Waals surface area contributed by atoms with E-state index in [4.69, 9.17) is 24.8 Å². The van der Waals surface area contributed by atoms with Crippen LogP contribution < -0.4 is 5.73 Å². The van der Waals surface area contributed by atoms with Crippen LogP contribution in [0.25, 0.3) is 0 Å². The van der Waals surface area contributed by atoms with Gasteiger partial charge in [0.05, 0.1) is 13.2 Å². The van der Waals surface area contributed by atoms with E-state index in [-0.39, 0.29) is 19.4 Å². The van der Waals surface area contributed by atoms with Gasteiger partial charge in [-0.25, -0.2) is 4.57 Å². The van der Waals surface area contributed by atoms with Crippen LogP contribution in [0.1, 0.15) is 194 Å². The first-order valence-corrected chi connectivity index (χ1v) is 24.2. The van der Waals surface area contributed by atoms with Crippen molar-refractivity contribution in [3.63, 3.8) is 0 Å². The lowest BCUT2D eigenvalue weighted by atomic mass is 10.1. The molecule has 0 aliphatic rings. The van der Waals surface area contributed by atoms with E-state index in [0.29, 0.717) is 12.8 Å². The zero-order chi connectivity index (χ0) is 42.8. The van der Waals surface area contributed by atoms with E-state index < -0.39 is 51.1 Å². The molecule has 0 saturated heterocycles. The van der Waals surface area contributed by atoms with Crippen molar-refractivity contribution < 1.29 is 47.5 Å². The first kappa shape index (κ1) is 55.4. The normalized spacial score (nSPS) is 14.1. The summed E-state index contributed by atoms with van der Waals surface area (Å²) in [4.78, 5) is 46.0. The van der Waals surface area contributed by atoms with E-state index in [0.717, 1.165) is 77.0 Å². The molecule has 12 heteroatoms. The lowest BCUT2D eigenvalue weighted by molar-refractivity contribution is -0.161. The van der Waals surface area contributed by atoms with Crippen molar-refractivity contribution in [2.75, 3.05) is 19.8 Å². The van der Waals surface area contributed by atoms with Crippen LogP contribution in [0.3, 0.4) is 0 Å². The number of carbonyl (C=O) groups is 3. The van der Waals surface area contributed by atoms with Gasteiger partial charge in [-0.2, -0.15) is 0 Å². The van der Waals surface area contributed by atoms with Gasteiger partial charge in [0.15, 0.2) is 6.10 Å². The van der Waals surface area contributed by atoms with Crippen LogP contribution >= 0.6 is 7.82 Å². The molecular weight excluding hydrogens is 757 g/mol. The summed E-state index contributed by atoms with van der Waals surface area (Å²) in [6, 6.07) is -1.53. The molecule has 0 aromatic carbocycles. The summed E-state index contributed by atoms with van der Waals surface area (Å²) < 4.78 is 32.7. The van der Waals surface area contributed by atoms with Gasteiger partial charge in [-0.05, 0) is 77.0 Å². The smallest absolute Gasteiger partial charge is 0.472 e. The molecule has 11 nitrogen and oxygen atoms in total. The summed E-state index contributed by atoms with van der Waals surface area (Å²) in [7, 11) is -4.72. The van der Waals surface area contributed by atoms with Crippen molar-refractivity contribution in [1.82, 2.24) is 0 Å². The molecule has 4 N–H and O–H groups in total. The number of phosphoric ester groups is 1. The summed E-state index contributed by atoms with van der Waals surface area (Å²) in [6.07, 6.45) is 45.9. The van der Waals surface area contributed by atoms with Gasteiger partial charge in [-0.15, -0.1) is 0 Å². The highest BCUT2D eigenvalue weighted by Gasteiger charge is 2.28. The fraction of sp³-hybridized carbons (Fsp3) is 0.761. The summed E-state index contributed by atoms with van der Waals surface area (Å²) in [5, 5.41) is 8.89. The average molecular weight is 840 g/mol. The minimum atomic E-state index is -4.72. The van der Waals surface area contributed by atoms with Crippen LogP contribution in [0.4, 0.5) is 0 Å². The SMILES string of the molecule is CCCCC/C=C/C/C=C/C/C=C/CCCCCCC(=O)OC[C@H](COP(=O)(O)OC[C@H](N)C(=O)O)OC(=O)CCCCCCCCC/C=C/CCCCCCCC. The molecule has 0 heterocycles. The number of unbranched alkanes of at least 4 members (excludes halogenated alkanes) is 20. The van der Waals surface area contributed by atoms with Crippen LogP contribution in [0.5, 0.6) is 0 Å². The fourth-order valence-electron chi connectivity index (χ4n) is 5.95. The van der Waals surface area contributed by atoms with Crippen molar-refractivity contribution >= 4 is 25.7 Å². The van der Waals surface area contributed by atoms with Crippen molar-refractivity contribution in [2.45, 2.75) is 206 Å². The molecule has 58 heavy (non-hydrogen) atoms. The monoisotopic (exact) mass is 840 g/mol. The number of hydrogen-bond acceptors (Lipinski definition) is 9. The van der Waals surface area contributed by atoms with Crippen LogP contribution in [-0.4, -0.2) is 59.9 Å². The Hall–Kier alpha value is -2.56. The molecule has 336 valence electrons. The highest BCUT2D eigenvalue weighted by atomic mass is 31.2. The molecule has 3 atom stereocenters. The van der Waals surface area contributed by atoms with Crippen LogP contribution in [0.2, 0.25) is 0 Å². The maximum atomic E-state index is 12.6. The topological polar surface area (TPSA) is 172 Å². The van der Waals surface area contributed by atoms with Gasteiger partial charge in [0.25, 0.3) is 0 Å². The molecule has 0 saturated carbocycles. The highest BCUT2D eigenvalue weighted by Crippen LogP contribution is 2.43. The predicted octanol–water partition coefficient (Wildman–Crippen LogP) is 12.2. The Kier molecular flexibility index (Phi) is 39.4. The molecular formula is C46H82NO10P. The van der Waals surface area contributed by atoms with E-state index in [1.807, 2.05) is 0 Å². The van der Waals surface area contributed by atoms with Gasteiger partial charge in [0.1, 0.15) is 12.6 Å². The largest absolute Gasteiger partial charge is 0.480 e. The number of allylic oxidation sites excluding steroid dienone is 8. The Labute approximate surface area is 352 Å². The summed E-state index contributed by atoms with van der Waals surface area (Å²) in [5.41, 5.74) is 5.34.